The molecule has 0 unspecified atom stereocenters. The van der Waals surface area contributed by atoms with Gasteiger partial charge in [0, 0.05) is 25.2 Å². The van der Waals surface area contributed by atoms with Crippen LogP contribution in [-0.2, 0) is 16.2 Å². The van der Waals surface area contributed by atoms with Crippen LogP contribution < -0.4 is 14.5 Å². The van der Waals surface area contributed by atoms with Crippen molar-refractivity contribution in [3.8, 4) is 0 Å². The summed E-state index contributed by atoms with van der Waals surface area (Å²) in [5.41, 5.74) is 0.534. The minimum Gasteiger partial charge on any atom is -0.370 e. The maximum atomic E-state index is 13.3. The highest BCUT2D eigenvalue weighted by Gasteiger charge is 2.32. The number of rotatable bonds is 4. The van der Waals surface area contributed by atoms with Gasteiger partial charge in [-0.25, -0.2) is 8.42 Å². The molecule has 32 heavy (non-hydrogen) atoms. The molecule has 4 rings (SSSR count). The van der Waals surface area contributed by atoms with Gasteiger partial charge in [0.25, 0.3) is 5.91 Å². The van der Waals surface area contributed by atoms with Crippen LogP contribution in [0.25, 0.3) is 0 Å². The van der Waals surface area contributed by atoms with E-state index < -0.39 is 27.7 Å². The van der Waals surface area contributed by atoms with E-state index >= 15 is 0 Å². The third-order valence-electron chi connectivity index (χ3n) is 5.79. The molecule has 2 aliphatic heterocycles. The van der Waals surface area contributed by atoms with Crippen molar-refractivity contribution in [1.82, 2.24) is 0 Å². The highest BCUT2D eigenvalue weighted by molar-refractivity contribution is 7.93. The lowest BCUT2D eigenvalue weighted by atomic mass is 10.1. The molecule has 0 saturated carbocycles. The number of hydrogen-bond donors (Lipinski definition) is 1. The van der Waals surface area contributed by atoms with E-state index in [1.54, 1.807) is 0 Å². The van der Waals surface area contributed by atoms with Gasteiger partial charge in [0.2, 0.25) is 10.0 Å². The topological polar surface area (TPSA) is 69.7 Å². The zero-order valence-corrected chi connectivity index (χ0v) is 18.2. The first kappa shape index (κ1) is 22.4. The number of carbonyl (C=O) groups is 1. The number of hydrogen-bond acceptors (Lipinski definition) is 4. The van der Waals surface area contributed by atoms with Crippen LogP contribution in [0.4, 0.5) is 30.2 Å². The third-order valence-corrected chi connectivity index (χ3v) is 7.66. The Balaban J connectivity index is 1.59. The summed E-state index contributed by atoms with van der Waals surface area (Å²) < 4.78 is 65.3. The maximum absolute atomic E-state index is 13.3. The van der Waals surface area contributed by atoms with Gasteiger partial charge in [-0.2, -0.15) is 13.2 Å². The highest BCUT2D eigenvalue weighted by atomic mass is 32.2. The minimum absolute atomic E-state index is 0.0874. The van der Waals surface area contributed by atoms with E-state index in [1.165, 1.54) is 34.6 Å². The van der Waals surface area contributed by atoms with Crippen molar-refractivity contribution < 1.29 is 26.4 Å². The average Bonchev–Trinajstić information content (AvgIpc) is 3.12. The second-order valence-corrected chi connectivity index (χ2v) is 10.0. The molecule has 1 amide bonds. The predicted octanol–water partition coefficient (Wildman–Crippen LogP) is 4.49. The number of alkyl halides is 3. The molecule has 0 aromatic heterocycles. The Labute approximate surface area is 185 Å². The largest absolute Gasteiger partial charge is 0.416 e. The molecule has 0 bridgehead atoms. The quantitative estimate of drug-likeness (QED) is 0.720. The number of nitrogens with one attached hydrogen (secondary N) is 1. The molecule has 0 atom stereocenters. The van der Waals surface area contributed by atoms with E-state index in [2.05, 4.69) is 5.32 Å². The van der Waals surface area contributed by atoms with Crippen molar-refractivity contribution >= 4 is 33.0 Å². The second-order valence-electron chi connectivity index (χ2n) is 8.02. The molecular formula is C22H24F3N3O3S. The molecule has 172 valence electrons. The molecule has 0 aliphatic carbocycles. The molecule has 2 saturated heterocycles. The fraction of sp³-hybridized carbons (Fsp3) is 0.409. The summed E-state index contributed by atoms with van der Waals surface area (Å²) in [6, 6.07) is 9.44. The zero-order chi connectivity index (χ0) is 22.9. The third kappa shape index (κ3) is 4.69. The summed E-state index contributed by atoms with van der Waals surface area (Å²) in [7, 11) is -3.34. The van der Waals surface area contributed by atoms with Crippen LogP contribution in [-0.4, -0.2) is 39.7 Å². The van der Waals surface area contributed by atoms with Gasteiger partial charge in [-0.3, -0.25) is 9.10 Å². The smallest absolute Gasteiger partial charge is 0.370 e. The maximum Gasteiger partial charge on any atom is 0.416 e. The van der Waals surface area contributed by atoms with Gasteiger partial charge in [-0.05, 0) is 68.1 Å². The fourth-order valence-corrected chi connectivity index (χ4v) is 5.69. The first-order valence-corrected chi connectivity index (χ1v) is 12.1. The Kier molecular flexibility index (Phi) is 6.07. The Bertz CT molecular complexity index is 1100. The molecule has 2 aromatic rings. The first-order chi connectivity index (χ1) is 15.1. The van der Waals surface area contributed by atoms with Crippen molar-refractivity contribution in [2.45, 2.75) is 31.9 Å². The predicted molar refractivity (Wildman–Crippen MR) is 118 cm³/mol. The Morgan fingerprint density at radius 1 is 0.906 bits per heavy atom. The molecule has 2 heterocycles. The molecule has 2 aliphatic rings. The van der Waals surface area contributed by atoms with E-state index in [0.29, 0.717) is 37.4 Å². The van der Waals surface area contributed by atoms with Crippen LogP contribution in [0.5, 0.6) is 0 Å². The summed E-state index contributed by atoms with van der Waals surface area (Å²) in [5.74, 6) is -0.470. The summed E-state index contributed by atoms with van der Waals surface area (Å²) >= 11 is 0. The van der Waals surface area contributed by atoms with Crippen LogP contribution in [0, 0.1) is 0 Å². The normalized spacial score (nSPS) is 18.6. The van der Waals surface area contributed by atoms with E-state index in [1.807, 2.05) is 4.90 Å². The fourth-order valence-electron chi connectivity index (χ4n) is 4.13. The Hall–Kier alpha value is -2.75. The number of piperidine rings is 1. The van der Waals surface area contributed by atoms with Gasteiger partial charge < -0.3 is 10.2 Å². The number of sulfonamides is 1. The first-order valence-electron chi connectivity index (χ1n) is 10.5. The standard InChI is InChI=1S/C22H24F3N3O3S/c23-22(24,25)17-7-10-20(27-11-2-1-3-12-27)19(15-17)26-21(29)16-5-8-18(9-6-16)28-13-4-14-32(28,30)31/h5-10,15H,1-4,11-14H2,(H,26,29). The van der Waals surface area contributed by atoms with Crippen molar-refractivity contribution in [3.63, 3.8) is 0 Å². The molecule has 10 heteroatoms. The Morgan fingerprint density at radius 3 is 2.19 bits per heavy atom. The van der Waals surface area contributed by atoms with E-state index in [0.717, 1.165) is 31.4 Å². The van der Waals surface area contributed by atoms with Crippen LogP contribution in [0.2, 0.25) is 0 Å². The number of benzene rings is 2. The van der Waals surface area contributed by atoms with Crippen LogP contribution in [0.1, 0.15) is 41.6 Å². The molecule has 2 aromatic carbocycles. The molecule has 0 spiro atoms. The van der Waals surface area contributed by atoms with Crippen molar-refractivity contribution in [3.05, 3.63) is 53.6 Å². The summed E-state index contributed by atoms with van der Waals surface area (Å²) in [5, 5.41) is 2.63. The molecule has 6 nitrogen and oxygen atoms in total. The molecule has 1 N–H and O–H groups in total. The van der Waals surface area contributed by atoms with Gasteiger partial charge in [-0.1, -0.05) is 0 Å². The summed E-state index contributed by atoms with van der Waals surface area (Å²) in [6.45, 7) is 1.82. The number of anilines is 3. The SMILES string of the molecule is O=C(Nc1cc(C(F)(F)F)ccc1N1CCCCC1)c1ccc(N2CCCS2(=O)=O)cc1. The monoisotopic (exact) mass is 467 g/mol. The summed E-state index contributed by atoms with van der Waals surface area (Å²) in [6.07, 6.45) is -1.04. The van der Waals surface area contributed by atoms with E-state index in [9.17, 15) is 26.4 Å². The van der Waals surface area contributed by atoms with Gasteiger partial charge in [0.15, 0.2) is 0 Å². The van der Waals surface area contributed by atoms with Gasteiger partial charge in [0.1, 0.15) is 0 Å². The van der Waals surface area contributed by atoms with Gasteiger partial charge >= 0.3 is 6.18 Å². The average molecular weight is 468 g/mol. The second kappa shape index (κ2) is 8.65. The molecule has 0 radical (unpaired) electrons. The number of nitrogens with zero attached hydrogens (tertiary/aromatic N) is 2. The van der Waals surface area contributed by atoms with Crippen LogP contribution in [0.3, 0.4) is 0 Å². The van der Waals surface area contributed by atoms with Gasteiger partial charge in [0.05, 0.1) is 28.4 Å². The zero-order valence-electron chi connectivity index (χ0n) is 17.4. The van der Waals surface area contributed by atoms with E-state index in [-0.39, 0.29) is 17.0 Å². The highest BCUT2D eigenvalue weighted by Crippen LogP contribution is 2.36. The van der Waals surface area contributed by atoms with Crippen molar-refractivity contribution in [2.24, 2.45) is 0 Å². The van der Waals surface area contributed by atoms with Crippen molar-refractivity contribution in [2.75, 3.05) is 39.9 Å². The Morgan fingerprint density at radius 2 is 1.59 bits per heavy atom. The van der Waals surface area contributed by atoms with E-state index in [4.69, 9.17) is 0 Å². The lowest BCUT2D eigenvalue weighted by Gasteiger charge is -2.31. The molecular weight excluding hydrogens is 443 g/mol. The molecule has 2 fully saturated rings. The van der Waals surface area contributed by atoms with Crippen molar-refractivity contribution in [1.29, 1.82) is 0 Å². The van der Waals surface area contributed by atoms with Gasteiger partial charge in [-0.15, -0.1) is 0 Å². The number of amides is 1. The lowest BCUT2D eigenvalue weighted by Crippen LogP contribution is -2.30. The summed E-state index contributed by atoms with van der Waals surface area (Å²) in [4.78, 5) is 14.8. The number of halogens is 3. The van der Waals surface area contributed by atoms with Crippen LogP contribution >= 0.6 is 0 Å². The van der Waals surface area contributed by atoms with Crippen LogP contribution in [0.15, 0.2) is 42.5 Å². The minimum atomic E-state index is -4.53. The number of carbonyl (C=O) groups excluding carboxylic acids is 1. The lowest BCUT2D eigenvalue weighted by molar-refractivity contribution is -0.137.